The Morgan fingerprint density at radius 2 is 1.74 bits per heavy atom. The van der Waals surface area contributed by atoms with Gasteiger partial charge in [0.15, 0.2) is 0 Å². The van der Waals surface area contributed by atoms with Crippen LogP contribution in [0.2, 0.25) is 0 Å². The van der Waals surface area contributed by atoms with E-state index in [1.807, 2.05) is 18.2 Å². The largest absolute Gasteiger partial charge is 0.469 e. The molecule has 2 amide bonds. The molecule has 2 N–H and O–H groups in total. The molecule has 0 radical (unpaired) electrons. The van der Waals surface area contributed by atoms with E-state index >= 15 is 0 Å². The van der Waals surface area contributed by atoms with E-state index in [0.717, 1.165) is 37.5 Å². The standard InChI is InChI=1S/C20H28N2O5/c1-27-20(26)12-5-3-2-4-10-19(25)22-17-9-6-8-16(14-17)15-21-18(24)11-7-13-23/h6,8-9,13-14H,2-5,7,10-12,15H2,1H3,(H,21,24)(H,22,25). The SMILES string of the molecule is COC(=O)CCCCCCC(=O)Nc1cccc(CNC(=O)CCC=O)c1. The Morgan fingerprint density at radius 3 is 2.44 bits per heavy atom. The summed E-state index contributed by atoms with van der Waals surface area (Å²) in [7, 11) is 1.38. The van der Waals surface area contributed by atoms with Gasteiger partial charge in [0.05, 0.1) is 7.11 Å². The smallest absolute Gasteiger partial charge is 0.305 e. The lowest BCUT2D eigenvalue weighted by atomic mass is 10.1. The summed E-state index contributed by atoms with van der Waals surface area (Å²) in [6, 6.07) is 7.28. The number of aldehydes is 1. The predicted molar refractivity (Wildman–Crippen MR) is 102 cm³/mol. The normalized spacial score (nSPS) is 10.1. The summed E-state index contributed by atoms with van der Waals surface area (Å²) in [6.45, 7) is 0.349. The van der Waals surface area contributed by atoms with Gasteiger partial charge in [-0.15, -0.1) is 0 Å². The first-order chi connectivity index (χ1) is 13.0. The van der Waals surface area contributed by atoms with Crippen molar-refractivity contribution in [2.75, 3.05) is 12.4 Å². The van der Waals surface area contributed by atoms with E-state index in [1.165, 1.54) is 7.11 Å². The number of nitrogens with one attached hydrogen (secondary N) is 2. The molecule has 0 aliphatic heterocycles. The highest BCUT2D eigenvalue weighted by atomic mass is 16.5. The van der Waals surface area contributed by atoms with Gasteiger partial charge in [-0.25, -0.2) is 0 Å². The van der Waals surface area contributed by atoms with Crippen LogP contribution < -0.4 is 10.6 Å². The van der Waals surface area contributed by atoms with Gasteiger partial charge in [0.2, 0.25) is 11.8 Å². The molecule has 0 fully saturated rings. The van der Waals surface area contributed by atoms with Gasteiger partial charge < -0.3 is 20.2 Å². The van der Waals surface area contributed by atoms with Crippen molar-refractivity contribution in [3.63, 3.8) is 0 Å². The van der Waals surface area contributed by atoms with E-state index in [0.29, 0.717) is 25.1 Å². The number of anilines is 1. The molecule has 0 aliphatic rings. The van der Waals surface area contributed by atoms with Crippen LogP contribution in [0.25, 0.3) is 0 Å². The molecular weight excluding hydrogens is 348 g/mol. The van der Waals surface area contributed by atoms with Crippen molar-refractivity contribution in [3.05, 3.63) is 29.8 Å². The maximum absolute atomic E-state index is 12.0. The maximum Gasteiger partial charge on any atom is 0.305 e. The lowest BCUT2D eigenvalue weighted by molar-refractivity contribution is -0.140. The van der Waals surface area contributed by atoms with Crippen molar-refractivity contribution in [2.45, 2.75) is 57.9 Å². The number of amides is 2. The molecular formula is C20H28N2O5. The zero-order chi connectivity index (χ0) is 19.9. The minimum absolute atomic E-state index is 0.0601. The zero-order valence-electron chi connectivity index (χ0n) is 15.8. The van der Waals surface area contributed by atoms with Crippen molar-refractivity contribution in [1.29, 1.82) is 0 Å². The number of rotatable bonds is 13. The van der Waals surface area contributed by atoms with Crippen molar-refractivity contribution in [3.8, 4) is 0 Å². The van der Waals surface area contributed by atoms with Crippen LogP contribution in [0.4, 0.5) is 5.69 Å². The van der Waals surface area contributed by atoms with E-state index in [-0.39, 0.29) is 30.6 Å². The summed E-state index contributed by atoms with van der Waals surface area (Å²) in [5.41, 5.74) is 1.56. The molecule has 0 saturated heterocycles. The van der Waals surface area contributed by atoms with Crippen molar-refractivity contribution in [1.82, 2.24) is 5.32 Å². The van der Waals surface area contributed by atoms with Crippen LogP contribution in [0.15, 0.2) is 24.3 Å². The van der Waals surface area contributed by atoms with Gasteiger partial charge in [-0.1, -0.05) is 25.0 Å². The number of hydrogen-bond acceptors (Lipinski definition) is 5. The Labute approximate surface area is 159 Å². The van der Waals surface area contributed by atoms with E-state index in [9.17, 15) is 19.2 Å². The highest BCUT2D eigenvalue weighted by Crippen LogP contribution is 2.12. The molecule has 0 heterocycles. The van der Waals surface area contributed by atoms with Gasteiger partial charge in [-0.3, -0.25) is 14.4 Å². The number of carbonyl (C=O) groups is 4. The number of esters is 1. The molecule has 0 aliphatic carbocycles. The lowest BCUT2D eigenvalue weighted by Gasteiger charge is -2.08. The number of methoxy groups -OCH3 is 1. The van der Waals surface area contributed by atoms with Gasteiger partial charge >= 0.3 is 5.97 Å². The molecule has 0 atom stereocenters. The van der Waals surface area contributed by atoms with Crippen LogP contribution in [0.1, 0.15) is 56.9 Å². The first-order valence-electron chi connectivity index (χ1n) is 9.21. The monoisotopic (exact) mass is 376 g/mol. The molecule has 0 unspecified atom stereocenters. The van der Waals surface area contributed by atoms with Crippen molar-refractivity contribution < 1.29 is 23.9 Å². The maximum atomic E-state index is 12.0. The molecule has 0 aromatic heterocycles. The third kappa shape index (κ3) is 10.8. The summed E-state index contributed by atoms with van der Waals surface area (Å²) >= 11 is 0. The third-order valence-corrected chi connectivity index (χ3v) is 3.95. The Bertz CT molecular complexity index is 631. The van der Waals surface area contributed by atoms with Crippen LogP contribution in [0.3, 0.4) is 0 Å². The minimum atomic E-state index is -0.201. The number of unbranched alkanes of at least 4 members (excludes halogenated alkanes) is 3. The summed E-state index contributed by atoms with van der Waals surface area (Å²) in [6.07, 6.45) is 5.26. The Morgan fingerprint density at radius 1 is 1.00 bits per heavy atom. The second-order valence-electron chi connectivity index (χ2n) is 6.22. The number of benzene rings is 1. The summed E-state index contributed by atoms with van der Waals surface area (Å²) in [5, 5.41) is 5.59. The predicted octanol–water partition coefficient (Wildman–Crippen LogP) is 2.73. The molecule has 27 heavy (non-hydrogen) atoms. The van der Waals surface area contributed by atoms with E-state index in [4.69, 9.17) is 0 Å². The second kappa shape index (κ2) is 13.5. The van der Waals surface area contributed by atoms with Crippen molar-refractivity contribution >= 4 is 29.8 Å². The molecule has 1 rings (SSSR count). The van der Waals surface area contributed by atoms with E-state index in [2.05, 4.69) is 15.4 Å². The highest BCUT2D eigenvalue weighted by molar-refractivity contribution is 5.90. The van der Waals surface area contributed by atoms with Crippen LogP contribution in [0.5, 0.6) is 0 Å². The molecule has 0 spiro atoms. The molecule has 0 bridgehead atoms. The average molecular weight is 376 g/mol. The number of carbonyl (C=O) groups excluding carboxylic acids is 4. The summed E-state index contributed by atoms with van der Waals surface area (Å²) in [4.78, 5) is 44.8. The van der Waals surface area contributed by atoms with Gasteiger partial charge in [0.25, 0.3) is 0 Å². The lowest BCUT2D eigenvalue weighted by Crippen LogP contribution is -2.22. The van der Waals surface area contributed by atoms with Gasteiger partial charge in [-0.2, -0.15) is 0 Å². The number of ether oxygens (including phenoxy) is 1. The Kier molecular flexibility index (Phi) is 11.2. The van der Waals surface area contributed by atoms with E-state index in [1.54, 1.807) is 6.07 Å². The van der Waals surface area contributed by atoms with Crippen molar-refractivity contribution in [2.24, 2.45) is 0 Å². The van der Waals surface area contributed by atoms with Gasteiger partial charge in [0, 0.05) is 37.9 Å². The third-order valence-electron chi connectivity index (χ3n) is 3.95. The molecule has 148 valence electrons. The molecule has 1 aromatic carbocycles. The summed E-state index contributed by atoms with van der Waals surface area (Å²) in [5.74, 6) is -0.438. The number of hydrogen-bond donors (Lipinski definition) is 2. The second-order valence-corrected chi connectivity index (χ2v) is 6.22. The van der Waals surface area contributed by atoms with Gasteiger partial charge in [-0.05, 0) is 30.5 Å². The Balaban J connectivity index is 2.26. The molecule has 7 heteroatoms. The van der Waals surface area contributed by atoms with Crippen LogP contribution >= 0.6 is 0 Å². The fraction of sp³-hybridized carbons (Fsp3) is 0.500. The molecule has 7 nitrogen and oxygen atoms in total. The van der Waals surface area contributed by atoms with Gasteiger partial charge in [0.1, 0.15) is 6.29 Å². The highest BCUT2D eigenvalue weighted by Gasteiger charge is 2.05. The minimum Gasteiger partial charge on any atom is -0.469 e. The molecule has 1 aromatic rings. The van der Waals surface area contributed by atoms with Crippen LogP contribution in [-0.2, 0) is 30.5 Å². The summed E-state index contributed by atoms with van der Waals surface area (Å²) < 4.78 is 4.58. The zero-order valence-corrected chi connectivity index (χ0v) is 15.8. The van der Waals surface area contributed by atoms with E-state index < -0.39 is 0 Å². The average Bonchev–Trinajstić information content (AvgIpc) is 2.67. The molecule has 0 saturated carbocycles. The first-order valence-corrected chi connectivity index (χ1v) is 9.21. The topological polar surface area (TPSA) is 102 Å². The Hall–Kier alpha value is -2.70. The van der Waals surface area contributed by atoms with Crippen LogP contribution in [-0.4, -0.2) is 31.2 Å². The van der Waals surface area contributed by atoms with Crippen LogP contribution in [0, 0.1) is 0 Å². The quantitative estimate of drug-likeness (QED) is 0.313. The fourth-order valence-corrected chi connectivity index (χ4v) is 2.47. The fourth-order valence-electron chi connectivity index (χ4n) is 2.47. The first kappa shape index (κ1) is 22.3.